The summed E-state index contributed by atoms with van der Waals surface area (Å²) in [5.74, 6) is -1.40. The molecule has 2 amide bonds. The number of carbonyl (C=O) groups is 3. The maximum Gasteiger partial charge on any atom is 0.261 e. The van der Waals surface area contributed by atoms with E-state index in [1.165, 1.54) is 23.4 Å². The number of hydrogen-bond acceptors (Lipinski definition) is 6. The molecule has 1 N–H and O–H groups in total. The number of hydrogen-bond donors (Lipinski definition) is 1. The van der Waals surface area contributed by atoms with Crippen molar-refractivity contribution in [2.75, 3.05) is 0 Å². The summed E-state index contributed by atoms with van der Waals surface area (Å²) < 4.78 is 5.66. The molecular weight excluding hydrogens is 340 g/mol. The largest absolute Gasteiger partial charge is 0.450 e. The number of carbonyl (C=O) groups excluding carboxylic acids is 3. The zero-order chi connectivity index (χ0) is 17.4. The molecule has 2 aliphatic heterocycles. The molecule has 124 valence electrons. The Morgan fingerprint density at radius 1 is 1.08 bits per heavy atom. The Hall–Kier alpha value is -2.93. The predicted octanol–water partition coefficient (Wildman–Crippen LogP) is 2.66. The lowest BCUT2D eigenvalue weighted by molar-refractivity contribution is -0.134. The molecule has 1 aromatic carbocycles. The molecule has 2 aromatic rings. The average Bonchev–Trinajstić information content (AvgIpc) is 3.17. The van der Waals surface area contributed by atoms with E-state index in [-0.39, 0.29) is 12.0 Å². The molecule has 3 heterocycles. The fourth-order valence-corrected chi connectivity index (χ4v) is 3.52. The number of amides is 2. The highest BCUT2D eigenvalue weighted by molar-refractivity contribution is 8.13. The Balaban J connectivity index is 1.50. The molecule has 0 spiro atoms. The Bertz CT molecular complexity index is 949. The zero-order valence-electron chi connectivity index (χ0n) is 12.9. The van der Waals surface area contributed by atoms with E-state index in [1.807, 2.05) is 24.3 Å². The number of imide groups is 1. The van der Waals surface area contributed by atoms with E-state index in [9.17, 15) is 14.4 Å². The van der Waals surface area contributed by atoms with Gasteiger partial charge in [0.25, 0.3) is 5.91 Å². The number of fused-ring (bicyclic) bond motifs is 1. The molecule has 4 rings (SSSR count). The molecule has 0 bridgehead atoms. The fourth-order valence-electron chi connectivity index (χ4n) is 2.64. The van der Waals surface area contributed by atoms with Gasteiger partial charge in [-0.2, -0.15) is 0 Å². The number of ketones is 1. The van der Waals surface area contributed by atoms with Crippen molar-refractivity contribution in [1.29, 1.82) is 0 Å². The lowest BCUT2D eigenvalue weighted by Gasteiger charge is -2.11. The minimum atomic E-state index is -0.692. The number of furan rings is 1. The second kappa shape index (κ2) is 6.18. The lowest BCUT2D eigenvalue weighted by Crippen LogP contribution is -2.40. The van der Waals surface area contributed by atoms with Crippen molar-refractivity contribution in [3.05, 3.63) is 53.3 Å². The Kier molecular flexibility index (Phi) is 3.85. The topological polar surface area (TPSA) is 88.7 Å². The van der Waals surface area contributed by atoms with Crippen molar-refractivity contribution in [2.45, 2.75) is 17.9 Å². The molecule has 25 heavy (non-hydrogen) atoms. The summed E-state index contributed by atoms with van der Waals surface area (Å²) in [6.45, 7) is 0. The van der Waals surface area contributed by atoms with Crippen molar-refractivity contribution >= 4 is 46.2 Å². The van der Waals surface area contributed by atoms with E-state index >= 15 is 0 Å². The number of aliphatic imine (C=N–C) groups is 1. The summed E-state index contributed by atoms with van der Waals surface area (Å²) >= 11 is 1.41. The number of benzene rings is 1. The van der Waals surface area contributed by atoms with Crippen LogP contribution in [0.5, 0.6) is 0 Å². The van der Waals surface area contributed by atoms with Crippen LogP contribution in [-0.2, 0) is 20.8 Å². The van der Waals surface area contributed by atoms with Crippen LogP contribution in [0.3, 0.4) is 0 Å². The second-order valence-corrected chi connectivity index (χ2v) is 6.68. The quantitative estimate of drug-likeness (QED) is 0.388. The fraction of sp³-hybridized carbons (Fsp3) is 0.111. The van der Waals surface area contributed by atoms with Crippen molar-refractivity contribution in [3.8, 4) is 0 Å². The highest BCUT2D eigenvalue weighted by Crippen LogP contribution is 2.33. The monoisotopic (exact) mass is 352 g/mol. The third kappa shape index (κ3) is 3.18. The summed E-state index contributed by atoms with van der Waals surface area (Å²) in [6.07, 6.45) is 1.79. The Morgan fingerprint density at radius 3 is 2.72 bits per heavy atom. The first-order valence-electron chi connectivity index (χ1n) is 7.61. The summed E-state index contributed by atoms with van der Waals surface area (Å²) in [7, 11) is 0. The van der Waals surface area contributed by atoms with Gasteiger partial charge in [-0.3, -0.25) is 19.7 Å². The van der Waals surface area contributed by atoms with Crippen LogP contribution in [0.15, 0.2) is 56.5 Å². The van der Waals surface area contributed by atoms with Gasteiger partial charge in [0.2, 0.25) is 5.91 Å². The first-order valence-corrected chi connectivity index (χ1v) is 8.42. The molecule has 1 aromatic heterocycles. The van der Waals surface area contributed by atoms with Crippen LogP contribution < -0.4 is 5.32 Å². The van der Waals surface area contributed by atoms with Gasteiger partial charge in [0.15, 0.2) is 10.9 Å². The summed E-state index contributed by atoms with van der Waals surface area (Å²) in [4.78, 5) is 39.3. The van der Waals surface area contributed by atoms with E-state index in [4.69, 9.17) is 4.42 Å². The van der Waals surface area contributed by atoms with Gasteiger partial charge in [-0.25, -0.2) is 4.99 Å². The molecule has 1 fully saturated rings. The Labute approximate surface area is 147 Å². The second-order valence-electron chi connectivity index (χ2n) is 5.61. The molecule has 0 atom stereocenters. The molecule has 0 aliphatic carbocycles. The molecule has 2 aliphatic rings. The van der Waals surface area contributed by atoms with Crippen LogP contribution in [0.25, 0.3) is 6.08 Å². The van der Waals surface area contributed by atoms with Crippen LogP contribution in [0.4, 0.5) is 5.69 Å². The highest BCUT2D eigenvalue weighted by atomic mass is 32.2. The van der Waals surface area contributed by atoms with Crippen molar-refractivity contribution < 1.29 is 18.8 Å². The first-order chi connectivity index (χ1) is 12.1. The predicted molar refractivity (Wildman–Crippen MR) is 92.6 cm³/mol. The van der Waals surface area contributed by atoms with E-state index in [0.29, 0.717) is 10.9 Å². The van der Waals surface area contributed by atoms with Gasteiger partial charge in [-0.15, -0.1) is 0 Å². The van der Waals surface area contributed by atoms with Gasteiger partial charge >= 0.3 is 0 Å². The van der Waals surface area contributed by atoms with Crippen LogP contribution in [0.2, 0.25) is 0 Å². The van der Waals surface area contributed by atoms with E-state index in [1.54, 1.807) is 12.1 Å². The minimum Gasteiger partial charge on any atom is -0.450 e. The smallest absolute Gasteiger partial charge is 0.261 e. The Morgan fingerprint density at radius 2 is 1.92 bits per heavy atom. The molecular formula is C18H12N2O4S. The number of thioether (sulfide) groups is 1. The summed E-state index contributed by atoms with van der Waals surface area (Å²) in [6, 6.07) is 11.4. The van der Waals surface area contributed by atoms with Crippen molar-refractivity contribution in [3.63, 3.8) is 0 Å². The van der Waals surface area contributed by atoms with Gasteiger partial charge in [0.05, 0.1) is 22.7 Å². The number of nitrogens with one attached hydrogen (secondary N) is 1. The number of piperidine rings is 1. The molecule has 0 saturated carbocycles. The van der Waals surface area contributed by atoms with Crippen molar-refractivity contribution in [2.24, 2.45) is 4.99 Å². The van der Waals surface area contributed by atoms with Crippen LogP contribution in [0.1, 0.15) is 17.7 Å². The van der Waals surface area contributed by atoms with E-state index in [0.717, 1.165) is 17.2 Å². The molecule has 7 heteroatoms. The third-order valence-corrected chi connectivity index (χ3v) is 4.70. The molecule has 6 nitrogen and oxygen atoms in total. The van der Waals surface area contributed by atoms with E-state index in [2.05, 4.69) is 10.3 Å². The number of Topliss-reactive ketones (excluding diaryl/α,β-unsaturated/α-hetero) is 1. The van der Waals surface area contributed by atoms with Gasteiger partial charge < -0.3 is 4.42 Å². The maximum atomic E-state index is 11.8. The average molecular weight is 352 g/mol. The van der Waals surface area contributed by atoms with Gasteiger partial charge in [-0.1, -0.05) is 18.2 Å². The normalized spacial score (nSPS) is 18.3. The van der Waals surface area contributed by atoms with Crippen LogP contribution >= 0.6 is 11.8 Å². The standard InChI is InChI=1S/C18H12N2O4S/c21-14-9-15(22)20-18(23)12(14)8-11-5-6-17(24-11)25-16-7-10-3-1-2-4-13(10)19-16/h1-6,8H,7,9H2,(H,20,22,23)/b12-8+. The first kappa shape index (κ1) is 15.6. The lowest BCUT2D eigenvalue weighted by atomic mass is 10.0. The zero-order valence-corrected chi connectivity index (χ0v) is 13.8. The van der Waals surface area contributed by atoms with Crippen LogP contribution in [0, 0.1) is 0 Å². The minimum absolute atomic E-state index is 0.0730. The van der Waals surface area contributed by atoms with Gasteiger partial charge in [-0.05, 0) is 41.6 Å². The third-order valence-electron chi connectivity index (χ3n) is 3.80. The number of para-hydroxylation sites is 1. The van der Waals surface area contributed by atoms with Gasteiger partial charge in [0, 0.05) is 6.42 Å². The molecule has 1 saturated heterocycles. The highest BCUT2D eigenvalue weighted by Gasteiger charge is 2.28. The van der Waals surface area contributed by atoms with Crippen molar-refractivity contribution in [1.82, 2.24) is 5.32 Å². The van der Waals surface area contributed by atoms with Gasteiger partial charge in [0.1, 0.15) is 5.76 Å². The maximum absolute atomic E-state index is 11.8. The van der Waals surface area contributed by atoms with Crippen LogP contribution in [-0.4, -0.2) is 22.6 Å². The molecule has 0 radical (unpaired) electrons. The molecule has 0 unspecified atom stereocenters. The number of rotatable bonds is 2. The summed E-state index contributed by atoms with van der Waals surface area (Å²) in [5.41, 5.74) is 2.07. The summed E-state index contributed by atoms with van der Waals surface area (Å²) in [5, 5.41) is 3.67. The number of nitrogens with zero attached hydrogens (tertiary/aromatic N) is 1. The van der Waals surface area contributed by atoms with E-state index < -0.39 is 17.6 Å². The SMILES string of the molecule is O=C1CC(=O)/C(=C\c2ccc(SC3=Nc4ccccc4C3)o2)C(=O)N1.